The van der Waals surface area contributed by atoms with Crippen molar-refractivity contribution in [1.82, 2.24) is 0 Å². The lowest BCUT2D eigenvalue weighted by molar-refractivity contribution is -0.140. The number of rotatable bonds is 5. The first kappa shape index (κ1) is 16.0. The van der Waals surface area contributed by atoms with Crippen LogP contribution in [0.3, 0.4) is 0 Å². The summed E-state index contributed by atoms with van der Waals surface area (Å²) in [5.41, 5.74) is 0.985. The first-order valence-corrected chi connectivity index (χ1v) is 5.98. The van der Waals surface area contributed by atoms with Gasteiger partial charge >= 0.3 is 5.97 Å². The third kappa shape index (κ3) is 6.34. The number of carbonyl (C=O) groups excluding carboxylic acids is 1. The van der Waals surface area contributed by atoms with Gasteiger partial charge in [-0.15, -0.1) is 12.4 Å². The number of thioether (sulfide) groups is 1. The highest BCUT2D eigenvalue weighted by atomic mass is 35.5. The lowest BCUT2D eigenvalue weighted by atomic mass is 10.0. The molecule has 3 nitrogen and oxygen atoms in total. The average Bonchev–Trinajstić information content (AvgIpc) is 2.25. The van der Waals surface area contributed by atoms with Crippen molar-refractivity contribution in [2.24, 2.45) is 5.92 Å². The van der Waals surface area contributed by atoms with Crippen LogP contribution < -0.4 is 0 Å². The number of hydrogen-bond acceptors (Lipinski definition) is 3. The highest BCUT2D eigenvalue weighted by molar-refractivity contribution is 8.13. The van der Waals surface area contributed by atoms with Crippen LogP contribution in [0.1, 0.15) is 12.5 Å². The van der Waals surface area contributed by atoms with Gasteiger partial charge < -0.3 is 5.11 Å². The molecule has 0 heterocycles. The van der Waals surface area contributed by atoms with E-state index in [-0.39, 0.29) is 17.5 Å². The molecule has 0 saturated carbocycles. The number of aliphatic carboxylic acids is 1. The third-order valence-electron chi connectivity index (χ3n) is 2.16. The van der Waals surface area contributed by atoms with Crippen molar-refractivity contribution < 1.29 is 14.7 Å². The number of carboxylic acid groups (broad SMARTS) is 1. The molecule has 94 valence electrons. The van der Waals surface area contributed by atoms with E-state index in [9.17, 15) is 9.59 Å². The Kier molecular flexibility index (Phi) is 7.66. The van der Waals surface area contributed by atoms with Crippen molar-refractivity contribution in [3.63, 3.8) is 0 Å². The predicted octanol–water partition coefficient (Wildman–Crippen LogP) is 2.63. The zero-order valence-corrected chi connectivity index (χ0v) is 11.1. The average molecular weight is 275 g/mol. The van der Waals surface area contributed by atoms with E-state index in [2.05, 4.69) is 0 Å². The van der Waals surface area contributed by atoms with Crippen LogP contribution in [0, 0.1) is 5.92 Å². The van der Waals surface area contributed by atoms with Gasteiger partial charge in [0, 0.05) is 12.7 Å². The van der Waals surface area contributed by atoms with Gasteiger partial charge in [-0.2, -0.15) is 0 Å². The number of carboxylic acids is 1. The molecule has 0 aliphatic carbocycles. The normalized spacial score (nSPS) is 11.4. The van der Waals surface area contributed by atoms with Gasteiger partial charge in [-0.1, -0.05) is 42.1 Å². The van der Waals surface area contributed by atoms with Crippen LogP contribution in [0.25, 0.3) is 0 Å². The molecule has 0 radical (unpaired) electrons. The SMILES string of the molecule is CC(=O)SC[C@@H](Cc1ccccc1)C(=O)O.Cl. The maximum absolute atomic E-state index is 11.0. The first-order chi connectivity index (χ1) is 7.59. The standard InChI is InChI=1S/C12H14O3S.ClH/c1-9(13)16-8-11(12(14)15)7-10-5-3-2-4-6-10;/h2-6,11H,7-8H2,1H3,(H,14,15);1H/t11-;/m1./s1. The van der Waals surface area contributed by atoms with E-state index in [0.717, 1.165) is 17.3 Å². The van der Waals surface area contributed by atoms with Gasteiger partial charge in [0.15, 0.2) is 5.12 Å². The summed E-state index contributed by atoms with van der Waals surface area (Å²) in [5, 5.41) is 8.98. The zero-order chi connectivity index (χ0) is 12.0. The molecule has 0 aliphatic rings. The predicted molar refractivity (Wildman–Crippen MR) is 71.7 cm³/mol. The smallest absolute Gasteiger partial charge is 0.307 e. The van der Waals surface area contributed by atoms with Crippen molar-refractivity contribution >= 4 is 35.3 Å². The maximum atomic E-state index is 11.0. The molecule has 0 bridgehead atoms. The fourth-order valence-corrected chi connectivity index (χ4v) is 2.03. The molecular weight excluding hydrogens is 260 g/mol. The van der Waals surface area contributed by atoms with Crippen molar-refractivity contribution in [2.75, 3.05) is 5.75 Å². The summed E-state index contributed by atoms with van der Waals surface area (Å²) < 4.78 is 0. The summed E-state index contributed by atoms with van der Waals surface area (Å²) in [4.78, 5) is 21.8. The van der Waals surface area contributed by atoms with Gasteiger partial charge in [0.05, 0.1) is 5.92 Å². The Morgan fingerprint density at radius 3 is 2.35 bits per heavy atom. The van der Waals surface area contributed by atoms with Gasteiger partial charge in [0.25, 0.3) is 0 Å². The maximum Gasteiger partial charge on any atom is 0.307 e. The highest BCUT2D eigenvalue weighted by Gasteiger charge is 2.18. The highest BCUT2D eigenvalue weighted by Crippen LogP contribution is 2.15. The minimum Gasteiger partial charge on any atom is -0.481 e. The van der Waals surface area contributed by atoms with E-state index in [4.69, 9.17) is 5.11 Å². The van der Waals surface area contributed by atoms with E-state index < -0.39 is 11.9 Å². The molecule has 0 spiro atoms. The molecule has 0 aromatic heterocycles. The van der Waals surface area contributed by atoms with Crippen molar-refractivity contribution in [3.05, 3.63) is 35.9 Å². The fraction of sp³-hybridized carbons (Fsp3) is 0.333. The minimum absolute atomic E-state index is 0. The molecule has 1 rings (SSSR count). The van der Waals surface area contributed by atoms with Crippen LogP contribution in [-0.2, 0) is 16.0 Å². The van der Waals surface area contributed by atoms with Crippen LogP contribution in [0.2, 0.25) is 0 Å². The van der Waals surface area contributed by atoms with Gasteiger partial charge in [-0.25, -0.2) is 0 Å². The van der Waals surface area contributed by atoms with E-state index in [0.29, 0.717) is 12.2 Å². The quantitative estimate of drug-likeness (QED) is 0.897. The van der Waals surface area contributed by atoms with Crippen LogP contribution in [-0.4, -0.2) is 21.9 Å². The number of hydrogen-bond donors (Lipinski definition) is 1. The molecule has 0 aliphatic heterocycles. The summed E-state index contributed by atoms with van der Waals surface area (Å²) in [6.07, 6.45) is 0.469. The number of halogens is 1. The lowest BCUT2D eigenvalue weighted by Gasteiger charge is -2.10. The Balaban J connectivity index is 0.00000256. The van der Waals surface area contributed by atoms with E-state index >= 15 is 0 Å². The summed E-state index contributed by atoms with van der Waals surface area (Å²) >= 11 is 1.07. The molecule has 0 amide bonds. The Bertz CT molecular complexity index is 367. The van der Waals surface area contributed by atoms with Gasteiger partial charge in [-0.05, 0) is 12.0 Å². The topological polar surface area (TPSA) is 54.4 Å². The van der Waals surface area contributed by atoms with Crippen LogP contribution >= 0.6 is 24.2 Å². The Labute approximate surface area is 111 Å². The molecule has 0 saturated heterocycles. The second kappa shape index (κ2) is 8.14. The Morgan fingerprint density at radius 2 is 1.88 bits per heavy atom. The van der Waals surface area contributed by atoms with Crippen LogP contribution in [0.5, 0.6) is 0 Å². The van der Waals surface area contributed by atoms with Crippen molar-refractivity contribution in [3.8, 4) is 0 Å². The summed E-state index contributed by atoms with van der Waals surface area (Å²) in [7, 11) is 0. The molecule has 17 heavy (non-hydrogen) atoms. The van der Waals surface area contributed by atoms with Crippen LogP contribution in [0.4, 0.5) is 0 Å². The largest absolute Gasteiger partial charge is 0.481 e. The first-order valence-electron chi connectivity index (χ1n) is 4.99. The summed E-state index contributed by atoms with van der Waals surface area (Å²) in [6.45, 7) is 1.45. The monoisotopic (exact) mass is 274 g/mol. The molecule has 5 heteroatoms. The third-order valence-corrected chi connectivity index (χ3v) is 3.14. The van der Waals surface area contributed by atoms with Gasteiger partial charge in [0.2, 0.25) is 0 Å². The minimum atomic E-state index is -0.849. The molecule has 1 atom stereocenters. The molecule has 1 aromatic carbocycles. The molecule has 1 N–H and O–H groups in total. The number of carbonyl (C=O) groups is 2. The van der Waals surface area contributed by atoms with Crippen LogP contribution in [0.15, 0.2) is 30.3 Å². The van der Waals surface area contributed by atoms with Gasteiger partial charge in [0.1, 0.15) is 0 Å². The van der Waals surface area contributed by atoms with E-state index in [1.54, 1.807) is 0 Å². The van der Waals surface area contributed by atoms with E-state index in [1.807, 2.05) is 30.3 Å². The van der Waals surface area contributed by atoms with Gasteiger partial charge in [-0.3, -0.25) is 9.59 Å². The van der Waals surface area contributed by atoms with Crippen molar-refractivity contribution in [2.45, 2.75) is 13.3 Å². The molecule has 1 aromatic rings. The Hall–Kier alpha value is -1.00. The van der Waals surface area contributed by atoms with Crippen molar-refractivity contribution in [1.29, 1.82) is 0 Å². The summed E-state index contributed by atoms with van der Waals surface area (Å²) in [6, 6.07) is 9.45. The second-order valence-electron chi connectivity index (χ2n) is 3.53. The second-order valence-corrected chi connectivity index (χ2v) is 4.72. The Morgan fingerprint density at radius 1 is 1.29 bits per heavy atom. The van der Waals surface area contributed by atoms with E-state index in [1.165, 1.54) is 6.92 Å². The lowest BCUT2D eigenvalue weighted by Crippen LogP contribution is -2.19. The molecule has 0 fully saturated rings. The fourth-order valence-electron chi connectivity index (χ4n) is 1.33. The molecular formula is C12H15ClO3S. The zero-order valence-electron chi connectivity index (χ0n) is 9.46. The molecule has 0 unspecified atom stereocenters. The summed E-state index contributed by atoms with van der Waals surface area (Å²) in [5.74, 6) is -1.02. The number of benzene rings is 1.